The Hall–Kier alpha value is -1.38. The van der Waals surface area contributed by atoms with Crippen molar-refractivity contribution >= 4 is 12.2 Å². The summed E-state index contributed by atoms with van der Waals surface area (Å²) in [6.45, 7) is 1.93. The van der Waals surface area contributed by atoms with Gasteiger partial charge in [-0.05, 0) is 18.6 Å². The molecule has 10 heavy (non-hydrogen) atoms. The van der Waals surface area contributed by atoms with E-state index in [1.165, 1.54) is 0 Å². The van der Waals surface area contributed by atoms with Gasteiger partial charge in [-0.1, -0.05) is 6.07 Å². The van der Waals surface area contributed by atoms with Gasteiger partial charge in [-0.3, -0.25) is 4.79 Å². The Labute approximate surface area is 59.1 Å². The maximum absolute atomic E-state index is 9.78. The zero-order chi connectivity index (χ0) is 7.40. The first kappa shape index (κ1) is 6.74. The van der Waals surface area contributed by atoms with Crippen LogP contribution in [0.4, 0.5) is 5.82 Å². The fraction of sp³-hybridized carbons (Fsp3) is 0.143. The summed E-state index contributed by atoms with van der Waals surface area (Å²) in [7, 11) is 0. The Morgan fingerprint density at radius 3 is 2.90 bits per heavy atom. The third kappa shape index (κ3) is 1.55. The van der Waals surface area contributed by atoms with Crippen molar-refractivity contribution in [2.45, 2.75) is 6.92 Å². The molecule has 0 saturated carbocycles. The van der Waals surface area contributed by atoms with Gasteiger partial charge in [0.2, 0.25) is 0 Å². The Bertz CT molecular complexity index is 218. The van der Waals surface area contributed by atoms with Crippen molar-refractivity contribution in [2.75, 3.05) is 5.32 Å². The van der Waals surface area contributed by atoms with E-state index in [0.717, 1.165) is 5.56 Å². The molecule has 0 atom stereocenters. The summed E-state index contributed by atoms with van der Waals surface area (Å²) in [6.07, 6.45) is 3.22. The number of nitrogens with one attached hydrogen (secondary N) is 1. The summed E-state index contributed by atoms with van der Waals surface area (Å²) < 4.78 is 0. The molecule has 0 bridgehead atoms. The molecule has 3 heteroatoms. The van der Waals surface area contributed by atoms with Gasteiger partial charge in [-0.15, -0.1) is 0 Å². The van der Waals surface area contributed by atoms with Crippen molar-refractivity contribution in [3.63, 3.8) is 0 Å². The lowest BCUT2D eigenvalue weighted by Gasteiger charge is -1.94. The quantitative estimate of drug-likeness (QED) is 0.611. The third-order valence-electron chi connectivity index (χ3n) is 1.09. The average Bonchev–Trinajstić information content (AvgIpc) is 1.95. The molecule has 0 aliphatic carbocycles. The maximum atomic E-state index is 9.78. The molecule has 1 aromatic heterocycles. The highest BCUT2D eigenvalue weighted by atomic mass is 16.1. The fourth-order valence-corrected chi connectivity index (χ4v) is 0.594. The second-order valence-corrected chi connectivity index (χ2v) is 1.95. The molecule has 51 valence electrons. The smallest absolute Gasteiger partial charge is 0.302 e. The highest BCUT2D eigenvalue weighted by Gasteiger charge is 1.88. The molecule has 0 aliphatic heterocycles. The summed E-state index contributed by atoms with van der Waals surface area (Å²) >= 11 is 0. The van der Waals surface area contributed by atoms with Gasteiger partial charge in [0, 0.05) is 6.20 Å². The van der Waals surface area contributed by atoms with Gasteiger partial charge >= 0.3 is 6.41 Å². The van der Waals surface area contributed by atoms with Crippen LogP contribution in [-0.4, -0.2) is 11.4 Å². The standard InChI is InChI=1S/C7H7N2O/c1-6-2-3-7(8-4-6)9-5-10/h2-4H,1H3,(H,8,9,10). The number of carbonyl (C=O) groups excluding carboxylic acids is 1. The summed E-state index contributed by atoms with van der Waals surface area (Å²) in [5, 5.41) is 2.32. The lowest BCUT2D eigenvalue weighted by atomic mass is 10.3. The largest absolute Gasteiger partial charge is 0.315 e. The molecule has 0 aliphatic rings. The second-order valence-electron chi connectivity index (χ2n) is 1.95. The first-order chi connectivity index (χ1) is 4.83. The predicted molar refractivity (Wildman–Crippen MR) is 38.3 cm³/mol. The van der Waals surface area contributed by atoms with Crippen LogP contribution in [0.1, 0.15) is 5.56 Å². The Kier molecular flexibility index (Phi) is 1.99. The number of hydrogen-bond donors (Lipinski definition) is 1. The van der Waals surface area contributed by atoms with Crippen LogP contribution in [0.15, 0.2) is 18.3 Å². The van der Waals surface area contributed by atoms with Gasteiger partial charge in [0.25, 0.3) is 0 Å². The average molecular weight is 135 g/mol. The number of rotatable bonds is 2. The number of nitrogens with zero attached hydrogens (tertiary/aromatic N) is 1. The molecule has 0 spiro atoms. The van der Waals surface area contributed by atoms with Crippen LogP contribution < -0.4 is 5.32 Å². The van der Waals surface area contributed by atoms with E-state index in [1.807, 2.05) is 13.0 Å². The molecule has 0 unspecified atom stereocenters. The minimum absolute atomic E-state index is 0.528. The number of anilines is 1. The van der Waals surface area contributed by atoms with E-state index in [9.17, 15) is 4.79 Å². The van der Waals surface area contributed by atoms with E-state index >= 15 is 0 Å². The topological polar surface area (TPSA) is 42.0 Å². The van der Waals surface area contributed by atoms with E-state index in [2.05, 4.69) is 10.3 Å². The van der Waals surface area contributed by atoms with Gasteiger partial charge < -0.3 is 5.32 Å². The summed E-state index contributed by atoms with van der Waals surface area (Å²) in [5.41, 5.74) is 1.07. The molecule has 1 N–H and O–H groups in total. The zero-order valence-electron chi connectivity index (χ0n) is 5.59. The molecular weight excluding hydrogens is 128 g/mol. The van der Waals surface area contributed by atoms with E-state index in [1.54, 1.807) is 18.7 Å². The second kappa shape index (κ2) is 2.96. The van der Waals surface area contributed by atoms with Gasteiger partial charge in [0.05, 0.1) is 0 Å². The number of aromatic nitrogens is 1. The van der Waals surface area contributed by atoms with Crippen molar-refractivity contribution in [1.29, 1.82) is 0 Å². The van der Waals surface area contributed by atoms with E-state index in [4.69, 9.17) is 0 Å². The monoisotopic (exact) mass is 135 g/mol. The normalized spacial score (nSPS) is 8.90. The van der Waals surface area contributed by atoms with E-state index < -0.39 is 0 Å². The fourth-order valence-electron chi connectivity index (χ4n) is 0.594. The molecular formula is C7H7N2O. The van der Waals surface area contributed by atoms with E-state index in [0.29, 0.717) is 5.82 Å². The first-order valence-electron chi connectivity index (χ1n) is 2.89. The van der Waals surface area contributed by atoms with Crippen LogP contribution in [0.5, 0.6) is 0 Å². The van der Waals surface area contributed by atoms with Crippen LogP contribution in [0, 0.1) is 6.92 Å². The highest BCUT2D eigenvalue weighted by molar-refractivity contribution is 5.69. The zero-order valence-corrected chi connectivity index (χ0v) is 5.59. The predicted octanol–water partition coefficient (Wildman–Crippen LogP) is 0.869. The number of aryl methyl sites for hydroxylation is 1. The van der Waals surface area contributed by atoms with Crippen molar-refractivity contribution in [2.24, 2.45) is 0 Å². The first-order valence-corrected chi connectivity index (χ1v) is 2.89. The van der Waals surface area contributed by atoms with Crippen molar-refractivity contribution in [3.05, 3.63) is 23.9 Å². The molecule has 1 amide bonds. The number of amides is 1. The molecule has 1 radical (unpaired) electrons. The lowest BCUT2D eigenvalue weighted by molar-refractivity contribution is 0.561. The molecule has 1 heterocycles. The van der Waals surface area contributed by atoms with E-state index in [-0.39, 0.29) is 0 Å². The molecule has 1 aromatic rings. The van der Waals surface area contributed by atoms with Crippen molar-refractivity contribution < 1.29 is 4.79 Å². The Morgan fingerprint density at radius 1 is 1.60 bits per heavy atom. The molecule has 0 fully saturated rings. The molecule has 0 aromatic carbocycles. The maximum Gasteiger partial charge on any atom is 0.315 e. The number of hydrogen-bond acceptors (Lipinski definition) is 2. The van der Waals surface area contributed by atoms with Gasteiger partial charge in [0.15, 0.2) is 0 Å². The Balaban J connectivity index is 2.78. The summed E-state index contributed by atoms with van der Waals surface area (Å²) in [5.74, 6) is 0.528. The minimum atomic E-state index is 0.528. The highest BCUT2D eigenvalue weighted by Crippen LogP contribution is 2.01. The number of pyridine rings is 1. The van der Waals surface area contributed by atoms with Gasteiger partial charge in [0.1, 0.15) is 5.82 Å². The minimum Gasteiger partial charge on any atom is -0.302 e. The third-order valence-corrected chi connectivity index (χ3v) is 1.09. The molecule has 1 rings (SSSR count). The summed E-state index contributed by atoms with van der Waals surface area (Å²) in [4.78, 5) is 13.7. The van der Waals surface area contributed by atoms with Crippen LogP contribution in [0.25, 0.3) is 0 Å². The van der Waals surface area contributed by atoms with Crippen molar-refractivity contribution in [1.82, 2.24) is 4.98 Å². The lowest BCUT2D eigenvalue weighted by Crippen LogP contribution is -1.95. The van der Waals surface area contributed by atoms with Crippen LogP contribution >= 0.6 is 0 Å². The SMILES string of the molecule is Cc1ccc(N[C]=O)nc1. The van der Waals surface area contributed by atoms with Crippen LogP contribution in [-0.2, 0) is 4.79 Å². The van der Waals surface area contributed by atoms with Crippen molar-refractivity contribution in [3.8, 4) is 0 Å². The van der Waals surface area contributed by atoms with Gasteiger partial charge in [-0.2, -0.15) is 0 Å². The van der Waals surface area contributed by atoms with Crippen LogP contribution in [0.3, 0.4) is 0 Å². The summed E-state index contributed by atoms with van der Waals surface area (Å²) in [6, 6.07) is 3.59. The Morgan fingerprint density at radius 2 is 2.40 bits per heavy atom. The molecule has 3 nitrogen and oxygen atoms in total. The molecule has 0 saturated heterocycles. The van der Waals surface area contributed by atoms with Gasteiger partial charge in [-0.25, -0.2) is 4.98 Å². The van der Waals surface area contributed by atoms with Crippen LogP contribution in [0.2, 0.25) is 0 Å².